The Kier molecular flexibility index (Phi) is 8.56. The minimum absolute atomic E-state index is 0.473. The maximum Gasteiger partial charge on any atom is 0.247 e. The lowest BCUT2D eigenvalue weighted by atomic mass is 9.69. The van der Waals surface area contributed by atoms with Crippen molar-refractivity contribution in [2.24, 2.45) is 23.7 Å². The third kappa shape index (κ3) is 6.35. The molecule has 2 heterocycles. The summed E-state index contributed by atoms with van der Waals surface area (Å²) in [6.45, 7) is 16.8. The quantitative estimate of drug-likeness (QED) is 0.499. The molecule has 1 fully saturated rings. The van der Waals surface area contributed by atoms with Crippen molar-refractivity contribution < 1.29 is 9.15 Å². The fourth-order valence-electron chi connectivity index (χ4n) is 5.56. The zero-order chi connectivity index (χ0) is 24.1. The molecule has 6 nitrogen and oxygen atoms in total. The molecule has 186 valence electrons. The van der Waals surface area contributed by atoms with E-state index >= 15 is 0 Å². The average Bonchev–Trinajstić information content (AvgIpc) is 3.29. The Labute approximate surface area is 205 Å². The summed E-state index contributed by atoms with van der Waals surface area (Å²) < 4.78 is 11.3. The second-order valence-corrected chi connectivity index (χ2v) is 10.6. The molecule has 1 aliphatic carbocycles. The number of allylic oxidation sites excluding steroid dienone is 1. The number of hydrogen-bond acceptors (Lipinski definition) is 6. The van der Waals surface area contributed by atoms with Crippen LogP contribution in [0.15, 0.2) is 40.3 Å². The SMILES string of the molecule is COCCN1CCN(C[C@@H]2C=C(C)[C@@H](Cc3nnc(-c4ccc(C)cc4)o3)C[C@H]2C(C)C)CC1. The highest BCUT2D eigenvalue weighted by Crippen LogP contribution is 2.39. The number of hydrogen-bond donors (Lipinski definition) is 0. The van der Waals surface area contributed by atoms with E-state index in [1.807, 2.05) is 0 Å². The Morgan fingerprint density at radius 2 is 1.74 bits per heavy atom. The number of ether oxygens (including phenoxy) is 1. The minimum Gasteiger partial charge on any atom is -0.421 e. The summed E-state index contributed by atoms with van der Waals surface area (Å²) in [6, 6.07) is 8.27. The maximum absolute atomic E-state index is 6.07. The summed E-state index contributed by atoms with van der Waals surface area (Å²) >= 11 is 0. The molecule has 1 aromatic heterocycles. The van der Waals surface area contributed by atoms with E-state index in [-0.39, 0.29) is 0 Å². The van der Waals surface area contributed by atoms with Crippen LogP contribution >= 0.6 is 0 Å². The molecule has 2 aromatic rings. The van der Waals surface area contributed by atoms with Crippen LogP contribution in [0.3, 0.4) is 0 Å². The van der Waals surface area contributed by atoms with E-state index in [1.165, 1.54) is 24.1 Å². The second-order valence-electron chi connectivity index (χ2n) is 10.6. The van der Waals surface area contributed by atoms with Crippen molar-refractivity contribution in [3.05, 3.63) is 47.4 Å². The Morgan fingerprint density at radius 1 is 1.03 bits per heavy atom. The van der Waals surface area contributed by atoms with Crippen molar-refractivity contribution in [2.75, 3.05) is 53.0 Å². The lowest BCUT2D eigenvalue weighted by Gasteiger charge is -2.41. The predicted molar refractivity (Wildman–Crippen MR) is 137 cm³/mol. The van der Waals surface area contributed by atoms with Crippen LogP contribution < -0.4 is 0 Å². The van der Waals surface area contributed by atoms with Crippen LogP contribution in [-0.4, -0.2) is 73.0 Å². The first-order valence-electron chi connectivity index (χ1n) is 12.9. The first kappa shape index (κ1) is 25.1. The van der Waals surface area contributed by atoms with Crippen LogP contribution in [0.5, 0.6) is 0 Å². The van der Waals surface area contributed by atoms with Crippen molar-refractivity contribution >= 4 is 0 Å². The number of methoxy groups -OCH3 is 1. The minimum atomic E-state index is 0.473. The van der Waals surface area contributed by atoms with E-state index in [9.17, 15) is 0 Å². The molecule has 6 heteroatoms. The summed E-state index contributed by atoms with van der Waals surface area (Å²) in [5, 5.41) is 8.71. The standard InChI is InChI=1S/C28H42N4O2/c1-20(2)26-17-24(18-27-29-30-28(34-27)23-8-6-21(3)7-9-23)22(4)16-25(26)19-32-12-10-31(11-13-32)14-15-33-5/h6-9,16,20,24-26H,10-15,17-19H2,1-5H3/t24-,25+,26+/m1/s1. The molecule has 3 atom stereocenters. The monoisotopic (exact) mass is 466 g/mol. The molecule has 1 aromatic carbocycles. The van der Waals surface area contributed by atoms with Gasteiger partial charge in [-0.3, -0.25) is 4.90 Å². The average molecular weight is 467 g/mol. The Hall–Kier alpha value is -2.02. The van der Waals surface area contributed by atoms with Crippen LogP contribution in [0.1, 0.15) is 38.6 Å². The lowest BCUT2D eigenvalue weighted by molar-refractivity contribution is 0.0798. The molecule has 0 unspecified atom stereocenters. The van der Waals surface area contributed by atoms with Gasteiger partial charge in [0.05, 0.1) is 6.61 Å². The number of nitrogens with zero attached hydrogens (tertiary/aromatic N) is 4. The van der Waals surface area contributed by atoms with Crippen LogP contribution in [0.25, 0.3) is 11.5 Å². The summed E-state index contributed by atoms with van der Waals surface area (Å²) in [5.41, 5.74) is 3.70. The molecule has 1 saturated heterocycles. The summed E-state index contributed by atoms with van der Waals surface area (Å²) in [5.74, 6) is 3.80. The topological polar surface area (TPSA) is 54.6 Å². The molecule has 0 spiro atoms. The summed E-state index contributed by atoms with van der Waals surface area (Å²) in [4.78, 5) is 5.19. The Bertz CT molecular complexity index is 928. The van der Waals surface area contributed by atoms with Crippen molar-refractivity contribution in [3.63, 3.8) is 0 Å². The van der Waals surface area contributed by atoms with E-state index in [2.05, 4.69) is 78.0 Å². The third-order valence-electron chi connectivity index (χ3n) is 7.82. The van der Waals surface area contributed by atoms with E-state index in [4.69, 9.17) is 9.15 Å². The van der Waals surface area contributed by atoms with Crippen molar-refractivity contribution in [1.29, 1.82) is 0 Å². The van der Waals surface area contributed by atoms with Gasteiger partial charge in [0.2, 0.25) is 11.8 Å². The van der Waals surface area contributed by atoms with Gasteiger partial charge < -0.3 is 14.1 Å². The van der Waals surface area contributed by atoms with Gasteiger partial charge in [-0.2, -0.15) is 0 Å². The smallest absolute Gasteiger partial charge is 0.247 e. The first-order valence-corrected chi connectivity index (χ1v) is 12.9. The van der Waals surface area contributed by atoms with E-state index in [0.717, 1.165) is 57.2 Å². The van der Waals surface area contributed by atoms with E-state index in [1.54, 1.807) is 7.11 Å². The molecule has 0 saturated carbocycles. The molecule has 0 N–H and O–H groups in total. The molecule has 34 heavy (non-hydrogen) atoms. The predicted octanol–water partition coefficient (Wildman–Crippen LogP) is 4.71. The van der Waals surface area contributed by atoms with Crippen LogP contribution in [0.4, 0.5) is 0 Å². The van der Waals surface area contributed by atoms with Crippen molar-refractivity contribution in [2.45, 2.75) is 40.5 Å². The summed E-state index contributed by atoms with van der Waals surface area (Å²) in [6.07, 6.45) is 4.59. The number of aryl methyl sites for hydroxylation is 1. The molecule has 1 aliphatic heterocycles. The largest absolute Gasteiger partial charge is 0.421 e. The van der Waals surface area contributed by atoms with Crippen LogP contribution in [0, 0.1) is 30.6 Å². The van der Waals surface area contributed by atoms with Crippen LogP contribution in [0.2, 0.25) is 0 Å². The molecular weight excluding hydrogens is 424 g/mol. The fraction of sp³-hybridized carbons (Fsp3) is 0.643. The van der Waals surface area contributed by atoms with Gasteiger partial charge in [-0.25, -0.2) is 0 Å². The van der Waals surface area contributed by atoms with E-state index < -0.39 is 0 Å². The van der Waals surface area contributed by atoms with Gasteiger partial charge >= 0.3 is 0 Å². The molecule has 4 rings (SSSR count). The normalized spacial score (nSPS) is 24.5. The van der Waals surface area contributed by atoms with Gasteiger partial charge in [0, 0.05) is 58.4 Å². The van der Waals surface area contributed by atoms with Gasteiger partial charge in [0.1, 0.15) is 0 Å². The van der Waals surface area contributed by atoms with Gasteiger partial charge in [-0.15, -0.1) is 10.2 Å². The molecule has 0 radical (unpaired) electrons. The number of piperazine rings is 1. The second kappa shape index (κ2) is 11.6. The van der Waals surface area contributed by atoms with Crippen molar-refractivity contribution in [3.8, 4) is 11.5 Å². The third-order valence-corrected chi connectivity index (χ3v) is 7.82. The van der Waals surface area contributed by atoms with Crippen molar-refractivity contribution in [1.82, 2.24) is 20.0 Å². The fourth-order valence-corrected chi connectivity index (χ4v) is 5.56. The summed E-state index contributed by atoms with van der Waals surface area (Å²) in [7, 11) is 1.79. The zero-order valence-corrected chi connectivity index (χ0v) is 21.7. The maximum atomic E-state index is 6.07. The Morgan fingerprint density at radius 3 is 2.41 bits per heavy atom. The molecule has 0 amide bonds. The highest BCUT2D eigenvalue weighted by Gasteiger charge is 2.34. The number of rotatable bonds is 9. The molecule has 0 bridgehead atoms. The van der Waals surface area contributed by atoms with Gasteiger partial charge in [0.25, 0.3) is 0 Å². The lowest BCUT2D eigenvalue weighted by Crippen LogP contribution is -2.49. The highest BCUT2D eigenvalue weighted by atomic mass is 16.5. The highest BCUT2D eigenvalue weighted by molar-refractivity contribution is 5.52. The Balaban J connectivity index is 1.38. The van der Waals surface area contributed by atoms with Gasteiger partial charge in [-0.1, -0.05) is 43.2 Å². The van der Waals surface area contributed by atoms with Gasteiger partial charge in [-0.05, 0) is 56.1 Å². The number of aromatic nitrogens is 2. The number of benzene rings is 1. The molecular formula is C28H42N4O2. The van der Waals surface area contributed by atoms with Gasteiger partial charge in [0.15, 0.2) is 0 Å². The van der Waals surface area contributed by atoms with Crippen LogP contribution in [-0.2, 0) is 11.2 Å². The zero-order valence-electron chi connectivity index (χ0n) is 21.7. The van der Waals surface area contributed by atoms with E-state index in [0.29, 0.717) is 29.6 Å². The first-order chi connectivity index (χ1) is 16.4. The molecule has 2 aliphatic rings.